The molecule has 0 N–H and O–H groups in total. The van der Waals surface area contributed by atoms with Crippen LogP contribution in [0.2, 0.25) is 0 Å². The molecule has 5 saturated carbocycles. The first-order valence-electron chi connectivity index (χ1n) is 9.00. The highest BCUT2D eigenvalue weighted by Crippen LogP contribution is 2.71. The molecule has 5 fully saturated rings. The van der Waals surface area contributed by atoms with Gasteiger partial charge in [-0.3, -0.25) is 0 Å². The second-order valence-corrected chi connectivity index (χ2v) is 8.67. The van der Waals surface area contributed by atoms with Gasteiger partial charge in [-0.2, -0.15) is 0 Å². The van der Waals surface area contributed by atoms with Gasteiger partial charge in [0.2, 0.25) is 0 Å². The van der Waals surface area contributed by atoms with E-state index < -0.39 is 0 Å². The Balaban J connectivity index is 1.38. The Kier molecular flexibility index (Phi) is 2.51. The van der Waals surface area contributed by atoms with Gasteiger partial charge < -0.3 is 4.74 Å². The Hall–Kier alpha value is -0.790. The fourth-order valence-electron chi connectivity index (χ4n) is 7.47. The van der Waals surface area contributed by atoms with Crippen molar-refractivity contribution in [2.24, 2.45) is 47.3 Å². The lowest BCUT2D eigenvalue weighted by atomic mass is 9.71. The zero-order valence-corrected chi connectivity index (χ0v) is 13.0. The average molecular weight is 286 g/mol. The predicted octanol–water partition coefficient (Wildman–Crippen LogP) is 3.81. The third-order valence-electron chi connectivity index (χ3n) is 7.94. The molecule has 5 aliphatic rings. The maximum Gasteiger partial charge on any atom is 0.333 e. The Morgan fingerprint density at radius 2 is 1.67 bits per heavy atom. The molecule has 0 aromatic heterocycles. The van der Waals surface area contributed by atoms with Gasteiger partial charge in [-0.1, -0.05) is 6.58 Å². The molecular weight excluding hydrogens is 260 g/mol. The molecular formula is C19H26O2. The summed E-state index contributed by atoms with van der Waals surface area (Å²) in [4.78, 5) is 11.9. The van der Waals surface area contributed by atoms with E-state index in [-0.39, 0.29) is 12.1 Å². The van der Waals surface area contributed by atoms with Gasteiger partial charge in [-0.15, -0.1) is 0 Å². The molecule has 5 aliphatic carbocycles. The number of ether oxygens (including phenoxy) is 1. The van der Waals surface area contributed by atoms with Gasteiger partial charge in [0.15, 0.2) is 0 Å². The van der Waals surface area contributed by atoms with E-state index in [2.05, 4.69) is 6.58 Å². The van der Waals surface area contributed by atoms with Gasteiger partial charge >= 0.3 is 5.97 Å². The standard InChI is InChI=1S/C19H26O2/c1-9(2)19(20)21-16-7-12-6-15(16)18-14(12)8-13-10-3-4-11(5-10)17(13)18/h10-18H,1,3-8H2,2H3. The molecule has 0 heterocycles. The van der Waals surface area contributed by atoms with Crippen LogP contribution in [0, 0.1) is 47.3 Å². The van der Waals surface area contributed by atoms with E-state index in [1.807, 2.05) is 0 Å². The summed E-state index contributed by atoms with van der Waals surface area (Å²) in [6.07, 6.45) is 8.71. The van der Waals surface area contributed by atoms with Gasteiger partial charge in [0.1, 0.15) is 6.10 Å². The van der Waals surface area contributed by atoms with E-state index in [0.717, 1.165) is 47.8 Å². The molecule has 9 unspecified atom stereocenters. The molecule has 114 valence electrons. The highest BCUT2D eigenvalue weighted by Gasteiger charge is 2.65. The lowest BCUT2D eigenvalue weighted by Crippen LogP contribution is -2.36. The second-order valence-electron chi connectivity index (χ2n) is 8.67. The van der Waals surface area contributed by atoms with Crippen molar-refractivity contribution in [3.8, 4) is 0 Å². The van der Waals surface area contributed by atoms with Crippen molar-refractivity contribution < 1.29 is 9.53 Å². The Morgan fingerprint density at radius 1 is 0.905 bits per heavy atom. The number of rotatable bonds is 2. The minimum atomic E-state index is -0.161. The van der Waals surface area contributed by atoms with Gasteiger partial charge in [-0.25, -0.2) is 4.79 Å². The smallest absolute Gasteiger partial charge is 0.333 e. The molecule has 0 aromatic carbocycles. The summed E-state index contributed by atoms with van der Waals surface area (Å²) in [6, 6.07) is 0. The van der Waals surface area contributed by atoms with Crippen molar-refractivity contribution in [2.45, 2.75) is 51.6 Å². The number of carbonyl (C=O) groups excluding carboxylic acids is 1. The molecule has 0 spiro atoms. The lowest BCUT2D eigenvalue weighted by molar-refractivity contribution is -0.148. The molecule has 2 nitrogen and oxygen atoms in total. The Labute approximate surface area is 127 Å². The summed E-state index contributed by atoms with van der Waals surface area (Å²) in [5, 5.41) is 0. The molecule has 9 atom stereocenters. The van der Waals surface area contributed by atoms with Gasteiger partial charge in [0, 0.05) is 5.57 Å². The zero-order valence-electron chi connectivity index (χ0n) is 13.0. The molecule has 0 aliphatic heterocycles. The first-order chi connectivity index (χ1) is 10.1. The minimum absolute atomic E-state index is 0.161. The lowest BCUT2D eigenvalue weighted by Gasteiger charge is -2.36. The van der Waals surface area contributed by atoms with Gasteiger partial charge in [0.25, 0.3) is 0 Å². The zero-order chi connectivity index (χ0) is 14.3. The van der Waals surface area contributed by atoms with Gasteiger partial charge in [-0.05, 0) is 92.8 Å². The van der Waals surface area contributed by atoms with Crippen LogP contribution >= 0.6 is 0 Å². The minimum Gasteiger partial charge on any atom is -0.459 e. The molecule has 0 amide bonds. The van der Waals surface area contributed by atoms with Crippen LogP contribution in [0.3, 0.4) is 0 Å². The van der Waals surface area contributed by atoms with Crippen molar-refractivity contribution in [3.05, 3.63) is 12.2 Å². The molecule has 0 saturated heterocycles. The highest BCUT2D eigenvalue weighted by molar-refractivity contribution is 5.87. The monoisotopic (exact) mass is 286 g/mol. The van der Waals surface area contributed by atoms with Crippen LogP contribution in [0.25, 0.3) is 0 Å². The third-order valence-corrected chi connectivity index (χ3v) is 7.94. The van der Waals surface area contributed by atoms with E-state index in [9.17, 15) is 4.79 Å². The summed E-state index contributed by atoms with van der Waals surface area (Å²) in [6.45, 7) is 5.50. The van der Waals surface area contributed by atoms with Crippen molar-refractivity contribution in [2.75, 3.05) is 0 Å². The highest BCUT2D eigenvalue weighted by atomic mass is 16.5. The molecule has 2 heteroatoms. The van der Waals surface area contributed by atoms with Crippen LogP contribution in [0.5, 0.6) is 0 Å². The SMILES string of the molecule is C=C(C)C(=O)OC1CC2CC1C1C2CC2C3CCC(C3)C21. The summed E-state index contributed by atoms with van der Waals surface area (Å²) in [5.74, 6) is 7.36. The summed E-state index contributed by atoms with van der Waals surface area (Å²) >= 11 is 0. The first-order valence-corrected chi connectivity index (χ1v) is 9.00. The molecule has 5 rings (SSSR count). The number of fused-ring (bicyclic) bond motifs is 11. The second kappa shape index (κ2) is 4.14. The number of esters is 1. The first kappa shape index (κ1) is 12.7. The van der Waals surface area contributed by atoms with Crippen LogP contribution in [0.15, 0.2) is 12.2 Å². The van der Waals surface area contributed by atoms with Crippen molar-refractivity contribution >= 4 is 5.97 Å². The largest absolute Gasteiger partial charge is 0.459 e. The van der Waals surface area contributed by atoms with Crippen molar-refractivity contribution in [1.29, 1.82) is 0 Å². The Bertz CT molecular complexity index is 510. The number of hydrogen-bond donors (Lipinski definition) is 0. The predicted molar refractivity (Wildman–Crippen MR) is 80.3 cm³/mol. The molecule has 0 aromatic rings. The van der Waals surface area contributed by atoms with Crippen LogP contribution in [-0.2, 0) is 9.53 Å². The molecule has 21 heavy (non-hydrogen) atoms. The van der Waals surface area contributed by atoms with E-state index >= 15 is 0 Å². The van der Waals surface area contributed by atoms with Gasteiger partial charge in [0.05, 0.1) is 0 Å². The topological polar surface area (TPSA) is 26.3 Å². The molecule has 4 bridgehead atoms. The van der Waals surface area contributed by atoms with E-state index in [0.29, 0.717) is 11.5 Å². The fourth-order valence-corrected chi connectivity index (χ4v) is 7.47. The normalized spacial score (nSPS) is 55.6. The van der Waals surface area contributed by atoms with Crippen molar-refractivity contribution in [1.82, 2.24) is 0 Å². The third kappa shape index (κ3) is 1.57. The quantitative estimate of drug-likeness (QED) is 0.570. The van der Waals surface area contributed by atoms with Crippen LogP contribution in [-0.4, -0.2) is 12.1 Å². The summed E-state index contributed by atoms with van der Waals surface area (Å²) in [7, 11) is 0. The number of carbonyl (C=O) groups is 1. The maximum atomic E-state index is 11.9. The van der Waals surface area contributed by atoms with E-state index in [1.54, 1.807) is 6.92 Å². The Morgan fingerprint density at radius 3 is 2.48 bits per heavy atom. The van der Waals surface area contributed by atoms with E-state index in [4.69, 9.17) is 4.74 Å². The maximum absolute atomic E-state index is 11.9. The van der Waals surface area contributed by atoms with Crippen molar-refractivity contribution in [3.63, 3.8) is 0 Å². The fraction of sp³-hybridized carbons (Fsp3) is 0.842. The average Bonchev–Trinajstić information content (AvgIpc) is 3.20. The summed E-state index contributed by atoms with van der Waals surface area (Å²) < 4.78 is 5.80. The van der Waals surface area contributed by atoms with E-state index in [1.165, 1.54) is 32.1 Å². The van der Waals surface area contributed by atoms with Crippen LogP contribution in [0.1, 0.15) is 45.4 Å². The summed E-state index contributed by atoms with van der Waals surface area (Å²) in [5.41, 5.74) is 0.554. The van der Waals surface area contributed by atoms with Crippen LogP contribution < -0.4 is 0 Å². The molecule has 0 radical (unpaired) electrons. The van der Waals surface area contributed by atoms with Crippen LogP contribution in [0.4, 0.5) is 0 Å². The number of hydrogen-bond acceptors (Lipinski definition) is 2.